The second-order valence-electron chi connectivity index (χ2n) is 3.50. The van der Waals surface area contributed by atoms with Crippen molar-refractivity contribution in [1.82, 2.24) is 0 Å². The molecular formula is C9H13NOS. The minimum atomic E-state index is 0.0187. The highest BCUT2D eigenvalue weighted by Crippen LogP contribution is 2.59. The number of hydrogen-bond acceptors (Lipinski definition) is 3. The predicted molar refractivity (Wildman–Crippen MR) is 50.3 cm³/mol. The first-order valence-corrected chi connectivity index (χ1v) is 5.05. The molecule has 0 amide bonds. The van der Waals surface area contributed by atoms with Crippen molar-refractivity contribution in [1.29, 1.82) is 0 Å². The van der Waals surface area contributed by atoms with Crippen molar-refractivity contribution < 1.29 is 5.11 Å². The van der Waals surface area contributed by atoms with Gasteiger partial charge in [-0.05, 0) is 17.9 Å². The molecule has 12 heavy (non-hydrogen) atoms. The van der Waals surface area contributed by atoms with Gasteiger partial charge in [0.05, 0.1) is 6.61 Å². The third-order valence-electron chi connectivity index (χ3n) is 2.80. The van der Waals surface area contributed by atoms with Crippen LogP contribution in [0.2, 0.25) is 0 Å². The monoisotopic (exact) mass is 183 g/mol. The van der Waals surface area contributed by atoms with Gasteiger partial charge in [0.1, 0.15) is 0 Å². The summed E-state index contributed by atoms with van der Waals surface area (Å²) in [7, 11) is 0. The summed E-state index contributed by atoms with van der Waals surface area (Å²) in [6.07, 6.45) is 1.06. The minimum absolute atomic E-state index is 0.0187. The Balaban J connectivity index is 2.12. The Kier molecular flexibility index (Phi) is 1.94. The van der Waals surface area contributed by atoms with E-state index in [4.69, 9.17) is 10.8 Å². The average Bonchev–Trinajstić information content (AvgIpc) is 2.59. The van der Waals surface area contributed by atoms with E-state index >= 15 is 0 Å². The number of hydrogen-bond donors (Lipinski definition) is 2. The lowest BCUT2D eigenvalue weighted by molar-refractivity contribution is 0.212. The molecule has 66 valence electrons. The zero-order valence-electron chi connectivity index (χ0n) is 6.86. The molecule has 0 aliphatic heterocycles. The van der Waals surface area contributed by atoms with E-state index in [-0.39, 0.29) is 12.0 Å². The molecule has 3 N–H and O–H groups in total. The fourth-order valence-corrected chi connectivity index (χ4v) is 2.67. The lowest BCUT2D eigenvalue weighted by atomic mass is 10.1. The molecule has 1 saturated carbocycles. The van der Waals surface area contributed by atoms with Gasteiger partial charge in [0, 0.05) is 22.8 Å². The molecule has 1 aliphatic carbocycles. The zero-order valence-corrected chi connectivity index (χ0v) is 7.68. The molecule has 0 bridgehead atoms. The molecule has 0 spiro atoms. The van der Waals surface area contributed by atoms with Gasteiger partial charge in [-0.2, -0.15) is 0 Å². The van der Waals surface area contributed by atoms with Crippen molar-refractivity contribution in [2.24, 2.45) is 11.1 Å². The van der Waals surface area contributed by atoms with Gasteiger partial charge in [0.2, 0.25) is 0 Å². The first-order valence-electron chi connectivity index (χ1n) is 4.17. The van der Waals surface area contributed by atoms with Crippen molar-refractivity contribution in [2.75, 3.05) is 13.2 Å². The normalized spacial score (nSPS) is 33.7. The fourth-order valence-electron chi connectivity index (χ4n) is 1.70. The van der Waals surface area contributed by atoms with Gasteiger partial charge in [0.25, 0.3) is 0 Å². The maximum absolute atomic E-state index is 9.15. The van der Waals surface area contributed by atoms with E-state index < -0.39 is 0 Å². The smallest absolute Gasteiger partial charge is 0.0505 e. The van der Waals surface area contributed by atoms with Gasteiger partial charge in [-0.25, -0.2) is 0 Å². The Morgan fingerprint density at radius 1 is 1.75 bits per heavy atom. The lowest BCUT2D eigenvalue weighted by Gasteiger charge is -2.09. The van der Waals surface area contributed by atoms with Gasteiger partial charge in [0.15, 0.2) is 0 Å². The van der Waals surface area contributed by atoms with Crippen molar-refractivity contribution >= 4 is 11.3 Å². The fraction of sp³-hybridized carbons (Fsp3) is 0.556. The van der Waals surface area contributed by atoms with Gasteiger partial charge >= 0.3 is 0 Å². The zero-order chi connectivity index (χ0) is 8.60. The van der Waals surface area contributed by atoms with Crippen LogP contribution in [0.15, 0.2) is 17.5 Å². The van der Waals surface area contributed by atoms with Crippen LogP contribution in [0, 0.1) is 5.41 Å². The van der Waals surface area contributed by atoms with Crippen LogP contribution in [-0.2, 0) is 0 Å². The summed E-state index contributed by atoms with van der Waals surface area (Å²) >= 11 is 1.76. The molecule has 1 fully saturated rings. The summed E-state index contributed by atoms with van der Waals surface area (Å²) in [5, 5.41) is 11.2. The molecule has 2 rings (SSSR count). The van der Waals surface area contributed by atoms with E-state index in [9.17, 15) is 0 Å². The van der Waals surface area contributed by atoms with Gasteiger partial charge in [-0.1, -0.05) is 6.07 Å². The number of nitrogens with two attached hydrogens (primary N) is 1. The van der Waals surface area contributed by atoms with E-state index in [1.165, 1.54) is 4.88 Å². The van der Waals surface area contributed by atoms with Crippen LogP contribution in [-0.4, -0.2) is 18.3 Å². The molecule has 1 aliphatic rings. The summed E-state index contributed by atoms with van der Waals surface area (Å²) in [4.78, 5) is 1.37. The van der Waals surface area contributed by atoms with Crippen LogP contribution in [0.25, 0.3) is 0 Å². The van der Waals surface area contributed by atoms with Crippen molar-refractivity contribution in [2.45, 2.75) is 12.3 Å². The highest BCUT2D eigenvalue weighted by atomic mass is 32.1. The maximum Gasteiger partial charge on any atom is 0.0505 e. The predicted octanol–water partition coefficient (Wildman–Crippen LogP) is 1.17. The Morgan fingerprint density at radius 2 is 2.58 bits per heavy atom. The van der Waals surface area contributed by atoms with Crippen molar-refractivity contribution in [3.63, 3.8) is 0 Å². The maximum atomic E-state index is 9.15. The number of thiophene rings is 1. The van der Waals surface area contributed by atoms with Crippen LogP contribution in [0.3, 0.4) is 0 Å². The minimum Gasteiger partial charge on any atom is -0.396 e. The molecule has 2 atom stereocenters. The quantitative estimate of drug-likeness (QED) is 0.739. The summed E-state index contributed by atoms with van der Waals surface area (Å²) in [6, 6.07) is 4.18. The first-order chi connectivity index (χ1) is 5.82. The second kappa shape index (κ2) is 2.83. The summed E-state index contributed by atoms with van der Waals surface area (Å²) < 4.78 is 0. The summed E-state index contributed by atoms with van der Waals surface area (Å²) in [6.45, 7) is 0.831. The first kappa shape index (κ1) is 8.23. The third kappa shape index (κ3) is 1.09. The second-order valence-corrected chi connectivity index (χ2v) is 4.48. The SMILES string of the molecule is NC[C@@]1(CO)C[C@@H]1c1cccs1. The Labute approximate surface area is 76.0 Å². The van der Waals surface area contributed by atoms with Crippen molar-refractivity contribution in [3.8, 4) is 0 Å². The largest absolute Gasteiger partial charge is 0.396 e. The van der Waals surface area contributed by atoms with Crippen LogP contribution in [0.5, 0.6) is 0 Å². The highest BCUT2D eigenvalue weighted by molar-refractivity contribution is 7.10. The van der Waals surface area contributed by atoms with E-state index in [2.05, 4.69) is 17.5 Å². The number of aliphatic hydroxyl groups excluding tert-OH is 1. The molecule has 0 aromatic carbocycles. The standard InChI is InChI=1S/C9H13NOS/c10-5-9(6-11)4-7(9)8-2-1-3-12-8/h1-3,7,11H,4-6,10H2/t7-,9-/m1/s1. The summed E-state index contributed by atoms with van der Waals surface area (Å²) in [5.41, 5.74) is 5.64. The average molecular weight is 183 g/mol. The lowest BCUT2D eigenvalue weighted by Crippen LogP contribution is -2.21. The molecule has 0 unspecified atom stereocenters. The topological polar surface area (TPSA) is 46.2 Å². The van der Waals surface area contributed by atoms with Gasteiger partial charge in [-0.15, -0.1) is 11.3 Å². The molecule has 0 radical (unpaired) electrons. The van der Waals surface area contributed by atoms with E-state index in [0.717, 1.165) is 6.42 Å². The Bertz CT molecular complexity index is 254. The van der Waals surface area contributed by atoms with E-state index in [1.807, 2.05) is 0 Å². The van der Waals surface area contributed by atoms with Gasteiger partial charge < -0.3 is 10.8 Å². The highest BCUT2D eigenvalue weighted by Gasteiger charge is 2.53. The summed E-state index contributed by atoms with van der Waals surface area (Å²) in [5.74, 6) is 0.521. The molecule has 1 aromatic heterocycles. The molecule has 1 heterocycles. The number of rotatable bonds is 3. The Morgan fingerprint density at radius 3 is 3.00 bits per heavy atom. The Hall–Kier alpha value is -0.380. The van der Waals surface area contributed by atoms with Crippen LogP contribution in [0.4, 0.5) is 0 Å². The molecule has 2 nitrogen and oxygen atoms in total. The van der Waals surface area contributed by atoms with Crippen LogP contribution < -0.4 is 5.73 Å². The van der Waals surface area contributed by atoms with Crippen molar-refractivity contribution in [3.05, 3.63) is 22.4 Å². The van der Waals surface area contributed by atoms with E-state index in [0.29, 0.717) is 12.5 Å². The van der Waals surface area contributed by atoms with Crippen LogP contribution in [0.1, 0.15) is 17.2 Å². The number of aliphatic hydroxyl groups is 1. The van der Waals surface area contributed by atoms with E-state index in [1.54, 1.807) is 11.3 Å². The van der Waals surface area contributed by atoms with Crippen LogP contribution >= 0.6 is 11.3 Å². The third-order valence-corrected chi connectivity index (χ3v) is 3.78. The molecule has 3 heteroatoms. The molecule has 1 aromatic rings. The molecular weight excluding hydrogens is 170 g/mol. The molecule has 0 saturated heterocycles. The van der Waals surface area contributed by atoms with Gasteiger partial charge in [-0.3, -0.25) is 0 Å².